The molecule has 0 spiro atoms. The predicted molar refractivity (Wildman–Crippen MR) is 92.1 cm³/mol. The molecule has 1 amide bonds. The van der Waals surface area contributed by atoms with Crippen molar-refractivity contribution < 1.29 is 14.6 Å². The second-order valence-corrected chi connectivity index (χ2v) is 7.74. The van der Waals surface area contributed by atoms with Gasteiger partial charge in [0, 0.05) is 12.0 Å². The fraction of sp³-hybridized carbons (Fsp3) is 0.650. The second-order valence-electron chi connectivity index (χ2n) is 7.74. The van der Waals surface area contributed by atoms with Crippen LogP contribution in [0.5, 0.6) is 0 Å². The van der Waals surface area contributed by atoms with Crippen molar-refractivity contribution in [3.8, 4) is 0 Å². The number of hydrogen-bond acceptors (Lipinski definition) is 3. The molecule has 2 bridgehead atoms. The summed E-state index contributed by atoms with van der Waals surface area (Å²) >= 11 is 0. The molecule has 4 rings (SSSR count). The Morgan fingerprint density at radius 3 is 2.92 bits per heavy atom. The minimum absolute atomic E-state index is 0.166. The Hall–Kier alpha value is -1.55. The van der Waals surface area contributed by atoms with Crippen LogP contribution in [0.3, 0.4) is 0 Å². The zero-order valence-corrected chi connectivity index (χ0v) is 14.7. The molecule has 24 heavy (non-hydrogen) atoms. The third kappa shape index (κ3) is 1.98. The molecule has 2 fully saturated rings. The number of carbonyl (C=O) groups excluding carboxylic acids is 1. The maximum Gasteiger partial charge on any atom is 0.410 e. The zero-order chi connectivity index (χ0) is 16.9. The van der Waals surface area contributed by atoms with E-state index in [9.17, 15) is 9.90 Å². The topological polar surface area (TPSA) is 49.8 Å². The molecule has 2 aliphatic carbocycles. The second kappa shape index (κ2) is 5.48. The lowest BCUT2D eigenvalue weighted by Crippen LogP contribution is -2.73. The van der Waals surface area contributed by atoms with Gasteiger partial charge >= 0.3 is 6.09 Å². The van der Waals surface area contributed by atoms with Crippen LogP contribution in [0.25, 0.3) is 0 Å². The predicted octanol–water partition coefficient (Wildman–Crippen LogP) is 3.32. The number of piperidine rings is 1. The van der Waals surface area contributed by atoms with E-state index >= 15 is 0 Å². The first kappa shape index (κ1) is 15.9. The van der Waals surface area contributed by atoms with Crippen LogP contribution in [0, 0.1) is 6.92 Å². The van der Waals surface area contributed by atoms with Crippen LogP contribution >= 0.6 is 0 Å². The van der Waals surface area contributed by atoms with Gasteiger partial charge in [0.05, 0.1) is 18.2 Å². The number of carbonyl (C=O) groups is 1. The number of likely N-dealkylation sites (tertiary alicyclic amines) is 1. The van der Waals surface area contributed by atoms with Crippen LogP contribution in [-0.2, 0) is 16.6 Å². The maximum absolute atomic E-state index is 12.5. The van der Waals surface area contributed by atoms with Gasteiger partial charge in [-0.2, -0.15) is 0 Å². The van der Waals surface area contributed by atoms with E-state index in [1.807, 2.05) is 6.92 Å². The number of rotatable bonds is 1. The molecule has 3 aliphatic rings. The van der Waals surface area contributed by atoms with E-state index in [4.69, 9.17) is 4.74 Å². The number of aryl methyl sites for hydroxylation is 1. The molecular formula is C20H27NO3. The molecule has 1 heterocycles. The third-order valence-electron chi connectivity index (χ3n) is 6.64. The Labute approximate surface area is 143 Å². The Kier molecular flexibility index (Phi) is 3.64. The van der Waals surface area contributed by atoms with Gasteiger partial charge in [0.1, 0.15) is 0 Å². The van der Waals surface area contributed by atoms with E-state index < -0.39 is 5.60 Å². The van der Waals surface area contributed by atoms with Crippen molar-refractivity contribution in [3.63, 3.8) is 0 Å². The fourth-order valence-electron chi connectivity index (χ4n) is 5.56. The SMILES string of the molecule is CCOC(=O)N1CCC23CCCCC2(O)C1Cc1ccc(C)cc13. The number of hydrogen-bond donors (Lipinski definition) is 1. The van der Waals surface area contributed by atoms with Crippen molar-refractivity contribution in [1.82, 2.24) is 4.90 Å². The molecule has 3 unspecified atom stereocenters. The van der Waals surface area contributed by atoms with Gasteiger partial charge in [-0.05, 0) is 50.7 Å². The molecule has 1 saturated heterocycles. The standard InChI is InChI=1S/C20H27NO3/c1-3-24-18(22)21-11-10-19-8-4-5-9-20(19,23)17(21)13-15-7-6-14(2)12-16(15)19/h6-7,12,17,23H,3-5,8-11,13H2,1-2H3. The molecule has 4 nitrogen and oxygen atoms in total. The Bertz CT molecular complexity index is 673. The molecule has 4 heteroatoms. The first-order valence-corrected chi connectivity index (χ1v) is 9.27. The highest BCUT2D eigenvalue weighted by Gasteiger charge is 2.64. The Morgan fingerprint density at radius 1 is 1.33 bits per heavy atom. The van der Waals surface area contributed by atoms with Crippen LogP contribution in [-0.4, -0.2) is 40.9 Å². The van der Waals surface area contributed by atoms with E-state index in [-0.39, 0.29) is 17.6 Å². The summed E-state index contributed by atoms with van der Waals surface area (Å²) in [7, 11) is 0. The lowest BCUT2D eigenvalue weighted by molar-refractivity contribution is -0.159. The largest absolute Gasteiger partial charge is 0.450 e. The minimum Gasteiger partial charge on any atom is -0.450 e. The van der Waals surface area contributed by atoms with Crippen molar-refractivity contribution in [2.24, 2.45) is 0 Å². The lowest BCUT2D eigenvalue weighted by atomic mass is 9.49. The summed E-state index contributed by atoms with van der Waals surface area (Å²) in [6, 6.07) is 6.46. The molecule has 0 aromatic heterocycles. The molecule has 1 aromatic carbocycles. The van der Waals surface area contributed by atoms with E-state index in [1.54, 1.807) is 4.90 Å². The molecule has 130 valence electrons. The summed E-state index contributed by atoms with van der Waals surface area (Å²) in [5.41, 5.74) is 2.87. The molecule has 1 aliphatic heterocycles. The molecule has 1 aromatic rings. The molecular weight excluding hydrogens is 302 g/mol. The third-order valence-corrected chi connectivity index (χ3v) is 6.64. The van der Waals surface area contributed by atoms with E-state index in [1.165, 1.54) is 16.7 Å². The van der Waals surface area contributed by atoms with E-state index in [2.05, 4.69) is 25.1 Å². The van der Waals surface area contributed by atoms with Crippen LogP contribution in [0.2, 0.25) is 0 Å². The van der Waals surface area contributed by atoms with Crippen LogP contribution in [0.1, 0.15) is 55.7 Å². The van der Waals surface area contributed by atoms with Crippen molar-refractivity contribution in [3.05, 3.63) is 34.9 Å². The van der Waals surface area contributed by atoms with Gasteiger partial charge in [0.2, 0.25) is 0 Å². The first-order valence-electron chi connectivity index (χ1n) is 9.27. The maximum atomic E-state index is 12.5. The Morgan fingerprint density at radius 2 is 2.12 bits per heavy atom. The first-order chi connectivity index (χ1) is 11.5. The monoisotopic (exact) mass is 329 g/mol. The molecule has 1 saturated carbocycles. The highest BCUT2D eigenvalue weighted by Crippen LogP contribution is 2.58. The Balaban J connectivity index is 1.84. The summed E-state index contributed by atoms with van der Waals surface area (Å²) < 4.78 is 5.28. The summed E-state index contributed by atoms with van der Waals surface area (Å²) in [5, 5.41) is 11.8. The van der Waals surface area contributed by atoms with Crippen LogP contribution in [0.15, 0.2) is 18.2 Å². The van der Waals surface area contributed by atoms with Gasteiger partial charge < -0.3 is 14.7 Å². The number of ether oxygens (including phenoxy) is 1. The van der Waals surface area contributed by atoms with Crippen molar-refractivity contribution in [2.45, 2.75) is 69.4 Å². The molecule has 0 radical (unpaired) electrons. The number of nitrogens with zero attached hydrogens (tertiary/aromatic N) is 1. The van der Waals surface area contributed by atoms with Gasteiger partial charge in [-0.25, -0.2) is 4.79 Å². The lowest BCUT2D eigenvalue weighted by Gasteiger charge is -2.63. The minimum atomic E-state index is -0.822. The van der Waals surface area contributed by atoms with Crippen molar-refractivity contribution in [1.29, 1.82) is 0 Å². The highest BCUT2D eigenvalue weighted by molar-refractivity contribution is 5.69. The summed E-state index contributed by atoms with van der Waals surface area (Å²) in [5.74, 6) is 0. The summed E-state index contributed by atoms with van der Waals surface area (Å²) in [6.07, 6.45) is 5.27. The quantitative estimate of drug-likeness (QED) is 0.860. The van der Waals surface area contributed by atoms with Crippen LogP contribution in [0.4, 0.5) is 4.79 Å². The number of aliphatic hydroxyl groups is 1. The van der Waals surface area contributed by atoms with Crippen molar-refractivity contribution >= 4 is 6.09 Å². The average molecular weight is 329 g/mol. The van der Waals surface area contributed by atoms with Gasteiger partial charge in [-0.15, -0.1) is 0 Å². The smallest absolute Gasteiger partial charge is 0.410 e. The fourth-order valence-corrected chi connectivity index (χ4v) is 5.56. The number of benzene rings is 1. The van der Waals surface area contributed by atoms with Gasteiger partial charge in [-0.1, -0.05) is 36.6 Å². The van der Waals surface area contributed by atoms with E-state index in [0.717, 1.165) is 38.5 Å². The molecule has 1 N–H and O–H groups in total. The van der Waals surface area contributed by atoms with E-state index in [0.29, 0.717) is 13.2 Å². The van der Waals surface area contributed by atoms with Gasteiger partial charge in [0.15, 0.2) is 0 Å². The van der Waals surface area contributed by atoms with Crippen LogP contribution < -0.4 is 0 Å². The highest BCUT2D eigenvalue weighted by atomic mass is 16.6. The zero-order valence-electron chi connectivity index (χ0n) is 14.7. The number of fused-ring (bicyclic) bond motifs is 1. The average Bonchev–Trinajstić information content (AvgIpc) is 2.55. The summed E-state index contributed by atoms with van der Waals surface area (Å²) in [4.78, 5) is 14.3. The molecule has 3 atom stereocenters. The van der Waals surface area contributed by atoms with Gasteiger partial charge in [0.25, 0.3) is 0 Å². The normalized spacial score (nSPS) is 34.3. The number of amides is 1. The van der Waals surface area contributed by atoms with Crippen molar-refractivity contribution in [2.75, 3.05) is 13.2 Å². The summed E-state index contributed by atoms with van der Waals surface area (Å²) in [6.45, 7) is 5.01. The van der Waals surface area contributed by atoms with Gasteiger partial charge in [-0.3, -0.25) is 0 Å².